The molecule has 0 unspecified atom stereocenters. The zero-order valence-electron chi connectivity index (χ0n) is 18.4. The fourth-order valence-electron chi connectivity index (χ4n) is 3.82. The van der Waals surface area contributed by atoms with Crippen LogP contribution in [-0.2, 0) is 4.79 Å². The summed E-state index contributed by atoms with van der Waals surface area (Å²) in [6.07, 6.45) is 11.8. The third-order valence-electron chi connectivity index (χ3n) is 5.18. The van der Waals surface area contributed by atoms with Crippen molar-refractivity contribution in [3.8, 4) is 11.1 Å². The molecule has 4 aromatic rings. The average Bonchev–Trinajstić information content (AvgIpc) is 3.60. The average molecular weight is 447 g/mol. The Labute approximate surface area is 195 Å². The molecular weight excluding hydrogens is 426 g/mol. The second kappa shape index (κ2) is 8.99. The normalized spacial score (nSPS) is 11.7. The number of aromatic nitrogens is 5. The molecule has 4 aromatic heterocycles. The van der Waals surface area contributed by atoms with Crippen LogP contribution in [0.15, 0.2) is 67.0 Å². The fraction of sp³-hybridized carbons (Fsp3) is 0.0370. The minimum absolute atomic E-state index is 0.833. The zero-order chi connectivity index (χ0) is 23.5. The molecule has 2 aliphatic heterocycles. The van der Waals surface area contributed by atoms with E-state index in [-0.39, 0.29) is 0 Å². The summed E-state index contributed by atoms with van der Waals surface area (Å²) in [6, 6.07) is 18.4. The minimum atomic E-state index is -0.833. The molecule has 3 N–H and O–H groups in total. The molecule has 0 aliphatic carbocycles. The number of carboxylic acids is 1. The van der Waals surface area contributed by atoms with Crippen LogP contribution in [0, 0.1) is 0 Å². The summed E-state index contributed by atoms with van der Waals surface area (Å²) in [4.78, 5) is 29.8. The number of carbonyl (C=O) groups is 1. The first-order chi connectivity index (χ1) is 16.5. The van der Waals surface area contributed by atoms with Crippen LogP contribution >= 0.6 is 0 Å². The van der Waals surface area contributed by atoms with E-state index < -0.39 is 5.97 Å². The van der Waals surface area contributed by atoms with E-state index in [2.05, 4.69) is 57.4 Å². The van der Waals surface area contributed by atoms with E-state index in [0.29, 0.717) is 0 Å². The highest BCUT2D eigenvalue weighted by Crippen LogP contribution is 2.30. The van der Waals surface area contributed by atoms with Crippen LogP contribution in [0.5, 0.6) is 0 Å². The molecule has 0 fully saturated rings. The van der Waals surface area contributed by atoms with Gasteiger partial charge in [0.15, 0.2) is 0 Å². The Morgan fingerprint density at radius 1 is 0.706 bits per heavy atom. The maximum absolute atomic E-state index is 9.00. The quantitative estimate of drug-likeness (QED) is 0.295. The van der Waals surface area contributed by atoms with Gasteiger partial charge in [-0.25, -0.2) is 9.97 Å². The molecule has 34 heavy (non-hydrogen) atoms. The lowest BCUT2D eigenvalue weighted by Crippen LogP contribution is -1.89. The van der Waals surface area contributed by atoms with Crippen molar-refractivity contribution >= 4 is 52.3 Å². The molecule has 7 heteroatoms. The van der Waals surface area contributed by atoms with Crippen molar-refractivity contribution < 1.29 is 9.90 Å². The summed E-state index contributed by atoms with van der Waals surface area (Å²) >= 11 is 0. The third-order valence-corrected chi connectivity index (χ3v) is 5.18. The Hall–Kier alpha value is -4.78. The van der Waals surface area contributed by atoms with Crippen molar-refractivity contribution in [2.45, 2.75) is 6.92 Å². The van der Waals surface area contributed by atoms with Crippen LogP contribution in [0.1, 0.15) is 29.7 Å². The molecule has 0 spiro atoms. The van der Waals surface area contributed by atoms with Crippen LogP contribution in [0.3, 0.4) is 0 Å². The standard InChI is InChI=1S/C25H17N5.C2H4O2/c1-3-19-14-21-5-7-23(29-21)25(16-9-11-26-12-10-16)24-8-6-22(30-24)15-20-4-2-18(28-20)13-17(1)27-19;1-2(3)4/h1-15,27-28H;1H3,(H,3,4). The highest BCUT2D eigenvalue weighted by atomic mass is 16.4. The summed E-state index contributed by atoms with van der Waals surface area (Å²) in [5.41, 5.74) is 9.71. The molecule has 0 aromatic carbocycles. The third kappa shape index (κ3) is 4.68. The van der Waals surface area contributed by atoms with Gasteiger partial charge in [-0.3, -0.25) is 9.78 Å². The number of hydrogen-bond acceptors (Lipinski definition) is 4. The van der Waals surface area contributed by atoms with E-state index >= 15 is 0 Å². The Kier molecular flexibility index (Phi) is 5.58. The molecule has 8 bridgehead atoms. The van der Waals surface area contributed by atoms with Crippen molar-refractivity contribution in [3.63, 3.8) is 0 Å². The van der Waals surface area contributed by atoms with Gasteiger partial charge in [0.05, 0.1) is 22.8 Å². The predicted molar refractivity (Wildman–Crippen MR) is 135 cm³/mol. The predicted octanol–water partition coefficient (Wildman–Crippen LogP) is 5.81. The molecule has 0 atom stereocenters. The molecule has 0 amide bonds. The van der Waals surface area contributed by atoms with Gasteiger partial charge < -0.3 is 15.1 Å². The van der Waals surface area contributed by atoms with Gasteiger partial charge in [-0.2, -0.15) is 0 Å². The molecule has 6 heterocycles. The molecule has 166 valence electrons. The lowest BCUT2D eigenvalue weighted by atomic mass is 10.0. The smallest absolute Gasteiger partial charge is 0.300 e. The van der Waals surface area contributed by atoms with E-state index in [1.807, 2.05) is 36.4 Å². The van der Waals surface area contributed by atoms with Gasteiger partial charge in [-0.05, 0) is 84.5 Å². The van der Waals surface area contributed by atoms with Gasteiger partial charge >= 0.3 is 0 Å². The lowest BCUT2D eigenvalue weighted by Gasteiger charge is -2.03. The lowest BCUT2D eigenvalue weighted by molar-refractivity contribution is -0.134. The van der Waals surface area contributed by atoms with Gasteiger partial charge in [0.2, 0.25) is 0 Å². The van der Waals surface area contributed by atoms with Gasteiger partial charge in [-0.1, -0.05) is 0 Å². The number of pyridine rings is 1. The first kappa shape index (κ1) is 21.1. The molecule has 0 saturated heterocycles. The molecule has 6 rings (SSSR count). The fourth-order valence-corrected chi connectivity index (χ4v) is 3.82. The van der Waals surface area contributed by atoms with Gasteiger partial charge in [-0.15, -0.1) is 0 Å². The van der Waals surface area contributed by atoms with Crippen molar-refractivity contribution in [1.82, 2.24) is 24.9 Å². The van der Waals surface area contributed by atoms with E-state index in [1.54, 1.807) is 12.4 Å². The highest BCUT2D eigenvalue weighted by Gasteiger charge is 2.13. The topological polar surface area (TPSA) is 108 Å². The molecule has 0 saturated carbocycles. The second-order valence-electron chi connectivity index (χ2n) is 7.81. The molecule has 0 radical (unpaired) electrons. The zero-order valence-corrected chi connectivity index (χ0v) is 18.4. The van der Waals surface area contributed by atoms with Gasteiger partial charge in [0.25, 0.3) is 5.97 Å². The number of fused-ring (bicyclic) bond motifs is 8. The first-order valence-corrected chi connectivity index (χ1v) is 10.7. The highest BCUT2D eigenvalue weighted by molar-refractivity contribution is 5.88. The van der Waals surface area contributed by atoms with Crippen molar-refractivity contribution in [2.24, 2.45) is 0 Å². The maximum atomic E-state index is 9.00. The van der Waals surface area contributed by atoms with E-state index in [0.717, 1.165) is 62.9 Å². The van der Waals surface area contributed by atoms with Crippen LogP contribution < -0.4 is 0 Å². The van der Waals surface area contributed by atoms with Crippen molar-refractivity contribution in [1.29, 1.82) is 0 Å². The SMILES string of the molecule is C1=Cc2nc1cc1ccc(cc3ccc(cc4nc(c2-c2ccncc2)C=C4)[nH]3)[nH]1.CC(=O)O. The number of carboxylic acid groups (broad SMARTS) is 1. The van der Waals surface area contributed by atoms with Crippen LogP contribution in [0.2, 0.25) is 0 Å². The number of aromatic amines is 2. The summed E-state index contributed by atoms with van der Waals surface area (Å²) in [7, 11) is 0. The number of rotatable bonds is 1. The first-order valence-electron chi connectivity index (χ1n) is 10.7. The summed E-state index contributed by atoms with van der Waals surface area (Å²) < 4.78 is 0. The van der Waals surface area contributed by atoms with Crippen LogP contribution in [-0.4, -0.2) is 36.0 Å². The summed E-state index contributed by atoms with van der Waals surface area (Å²) in [5.74, 6) is -0.833. The Bertz CT molecular complexity index is 1500. The van der Waals surface area contributed by atoms with Crippen molar-refractivity contribution in [3.05, 3.63) is 89.8 Å². The van der Waals surface area contributed by atoms with E-state index in [4.69, 9.17) is 19.9 Å². The Morgan fingerprint density at radius 3 is 1.62 bits per heavy atom. The number of nitrogens with zero attached hydrogens (tertiary/aromatic N) is 3. The van der Waals surface area contributed by atoms with E-state index in [9.17, 15) is 0 Å². The van der Waals surface area contributed by atoms with Crippen LogP contribution in [0.4, 0.5) is 0 Å². The molecule has 7 nitrogen and oxygen atoms in total. The monoisotopic (exact) mass is 447 g/mol. The molecular formula is C27H21N5O2. The number of hydrogen-bond donors (Lipinski definition) is 3. The number of nitrogens with one attached hydrogen (secondary N) is 2. The maximum Gasteiger partial charge on any atom is 0.300 e. The van der Waals surface area contributed by atoms with Crippen molar-refractivity contribution in [2.75, 3.05) is 0 Å². The molecule has 2 aliphatic rings. The van der Waals surface area contributed by atoms with E-state index in [1.165, 1.54) is 0 Å². The summed E-state index contributed by atoms with van der Waals surface area (Å²) in [6.45, 7) is 1.08. The Balaban J connectivity index is 0.000000560. The van der Waals surface area contributed by atoms with Crippen LogP contribution in [0.25, 0.3) is 57.5 Å². The number of H-pyrrole nitrogens is 2. The van der Waals surface area contributed by atoms with Gasteiger partial charge in [0.1, 0.15) is 0 Å². The second-order valence-corrected chi connectivity index (χ2v) is 7.81. The van der Waals surface area contributed by atoms with Gasteiger partial charge in [0, 0.05) is 46.9 Å². The Morgan fingerprint density at radius 2 is 1.15 bits per heavy atom. The minimum Gasteiger partial charge on any atom is -0.481 e. The summed E-state index contributed by atoms with van der Waals surface area (Å²) in [5, 5.41) is 7.42. The largest absolute Gasteiger partial charge is 0.481 e. The number of aliphatic carboxylic acids is 1.